The molecule has 0 saturated carbocycles. The van der Waals surface area contributed by atoms with Crippen molar-refractivity contribution in [3.8, 4) is 0 Å². The molecule has 9 nitrogen and oxygen atoms in total. The number of amides is 4. The molecule has 0 aliphatic carbocycles. The van der Waals surface area contributed by atoms with Crippen LogP contribution < -0.4 is 27.0 Å². The minimum atomic E-state index is -4.63. The van der Waals surface area contributed by atoms with E-state index in [1.807, 2.05) is 24.3 Å². The number of nitrogens with two attached hydrogens (primary N) is 1. The van der Waals surface area contributed by atoms with Crippen LogP contribution in [0, 0.1) is 0 Å². The van der Waals surface area contributed by atoms with Crippen LogP contribution in [-0.4, -0.2) is 48.4 Å². The molecule has 4 amide bonds. The molecular formula is C28H28ClF3N6O3. The Bertz CT molecular complexity index is 1420. The number of urea groups is 1. The van der Waals surface area contributed by atoms with Crippen molar-refractivity contribution in [2.24, 2.45) is 0 Å². The van der Waals surface area contributed by atoms with Crippen LogP contribution in [-0.2, 0) is 17.5 Å². The van der Waals surface area contributed by atoms with E-state index >= 15 is 0 Å². The van der Waals surface area contributed by atoms with Crippen molar-refractivity contribution in [3.05, 3.63) is 88.4 Å². The van der Waals surface area contributed by atoms with Crippen LogP contribution in [0.25, 0.3) is 0 Å². The number of anilines is 3. The van der Waals surface area contributed by atoms with E-state index in [0.717, 1.165) is 17.7 Å². The maximum absolute atomic E-state index is 13.0. The van der Waals surface area contributed by atoms with Crippen molar-refractivity contribution >= 4 is 46.5 Å². The molecule has 0 radical (unpaired) electrons. The van der Waals surface area contributed by atoms with Gasteiger partial charge in [0.05, 0.1) is 28.4 Å². The Kier molecular flexibility index (Phi) is 9.35. The van der Waals surface area contributed by atoms with Gasteiger partial charge in [-0.3, -0.25) is 14.5 Å². The van der Waals surface area contributed by atoms with Crippen LogP contribution in [0.5, 0.6) is 0 Å². The lowest BCUT2D eigenvalue weighted by Gasteiger charge is -2.18. The zero-order valence-electron chi connectivity index (χ0n) is 21.7. The zero-order chi connectivity index (χ0) is 29.6. The third kappa shape index (κ3) is 8.35. The zero-order valence-corrected chi connectivity index (χ0v) is 22.5. The van der Waals surface area contributed by atoms with E-state index in [9.17, 15) is 27.6 Å². The van der Waals surface area contributed by atoms with Crippen LogP contribution in [0.15, 0.2) is 66.7 Å². The van der Waals surface area contributed by atoms with Gasteiger partial charge in [-0.05, 0) is 54.4 Å². The number of halogens is 4. The number of nitrogens with zero attached hydrogens (tertiary/aromatic N) is 1. The van der Waals surface area contributed by atoms with Crippen molar-refractivity contribution in [2.75, 3.05) is 36.0 Å². The second-order valence-electron chi connectivity index (χ2n) is 9.53. The number of alkyl halides is 3. The van der Waals surface area contributed by atoms with Crippen LogP contribution in [0.3, 0.4) is 0 Å². The van der Waals surface area contributed by atoms with E-state index in [-0.39, 0.29) is 17.3 Å². The molecule has 3 aromatic rings. The van der Waals surface area contributed by atoms with Gasteiger partial charge >= 0.3 is 12.2 Å². The van der Waals surface area contributed by atoms with E-state index in [2.05, 4.69) is 26.2 Å². The molecule has 13 heteroatoms. The summed E-state index contributed by atoms with van der Waals surface area (Å²) in [6.45, 7) is 1.37. The third-order valence-electron chi connectivity index (χ3n) is 6.39. The maximum atomic E-state index is 13.0. The highest BCUT2D eigenvalue weighted by Gasteiger charge is 2.31. The molecule has 1 saturated heterocycles. The van der Waals surface area contributed by atoms with Crippen LogP contribution in [0.4, 0.5) is 35.0 Å². The normalized spacial score (nSPS) is 15.3. The van der Waals surface area contributed by atoms with Crippen molar-refractivity contribution in [3.63, 3.8) is 0 Å². The molecule has 1 aliphatic heterocycles. The molecule has 1 fully saturated rings. The highest BCUT2D eigenvalue weighted by Crippen LogP contribution is 2.31. The summed E-state index contributed by atoms with van der Waals surface area (Å²) in [7, 11) is 0. The average molecular weight is 589 g/mol. The molecule has 1 atom stereocenters. The lowest BCUT2D eigenvalue weighted by Crippen LogP contribution is -2.43. The molecule has 4 rings (SSSR count). The molecule has 216 valence electrons. The topological polar surface area (TPSA) is 129 Å². The number of nitrogens with one attached hydrogen (secondary N) is 4. The van der Waals surface area contributed by atoms with Gasteiger partial charge in [-0.2, -0.15) is 13.2 Å². The fourth-order valence-corrected chi connectivity index (χ4v) is 4.55. The number of hydrogen-bond donors (Lipinski definition) is 5. The number of nitrogen functional groups attached to an aromatic ring is 1. The van der Waals surface area contributed by atoms with Gasteiger partial charge in [0, 0.05) is 37.1 Å². The SMILES string of the molecule is Nc1ccc(C(F)(F)F)cc1C(=O)NCC(=O)NC1CCN(Cc2ccc(Cl)c(NC(=O)Nc3ccccc3)c2)C1. The Morgan fingerprint density at radius 2 is 1.76 bits per heavy atom. The van der Waals surface area contributed by atoms with E-state index in [0.29, 0.717) is 48.5 Å². The number of benzene rings is 3. The average Bonchev–Trinajstić information content (AvgIpc) is 3.35. The Morgan fingerprint density at radius 1 is 1.00 bits per heavy atom. The van der Waals surface area contributed by atoms with Crippen molar-refractivity contribution < 1.29 is 27.6 Å². The van der Waals surface area contributed by atoms with Crippen LogP contribution in [0.2, 0.25) is 5.02 Å². The first kappa shape index (κ1) is 29.7. The van der Waals surface area contributed by atoms with Gasteiger partial charge in [-0.25, -0.2) is 4.79 Å². The van der Waals surface area contributed by atoms with Crippen LogP contribution in [0.1, 0.15) is 27.9 Å². The van der Waals surface area contributed by atoms with Gasteiger partial charge in [0.15, 0.2) is 0 Å². The quantitative estimate of drug-likeness (QED) is 0.244. The van der Waals surface area contributed by atoms with Gasteiger partial charge in [0.1, 0.15) is 0 Å². The first-order chi connectivity index (χ1) is 19.5. The second-order valence-corrected chi connectivity index (χ2v) is 9.94. The standard InChI is InChI=1S/C28H28ClF3N6O3/c29-22-8-6-17(12-24(22)37-27(41)36-19-4-2-1-3-5-19)15-38-11-10-20(16-38)35-25(39)14-34-26(40)21-13-18(28(30,31)32)7-9-23(21)33/h1-9,12-13,20H,10-11,14-16,33H2,(H,34,40)(H,35,39)(H2,36,37,41). The van der Waals surface area contributed by atoms with Crippen molar-refractivity contribution in [2.45, 2.75) is 25.2 Å². The second kappa shape index (κ2) is 12.9. The van der Waals surface area contributed by atoms with Gasteiger partial charge in [0.2, 0.25) is 5.91 Å². The molecule has 6 N–H and O–H groups in total. The van der Waals surface area contributed by atoms with Gasteiger partial charge in [-0.15, -0.1) is 0 Å². The van der Waals surface area contributed by atoms with E-state index in [4.69, 9.17) is 17.3 Å². The molecule has 3 aromatic carbocycles. The summed E-state index contributed by atoms with van der Waals surface area (Å²) in [6.07, 6.45) is -3.96. The Morgan fingerprint density at radius 3 is 2.49 bits per heavy atom. The minimum Gasteiger partial charge on any atom is -0.398 e. The Labute approximate surface area is 239 Å². The predicted molar refractivity (Wildman–Crippen MR) is 151 cm³/mol. The predicted octanol–water partition coefficient (Wildman–Crippen LogP) is 4.71. The number of carbonyl (C=O) groups excluding carboxylic acids is 3. The fourth-order valence-electron chi connectivity index (χ4n) is 4.39. The van der Waals surface area contributed by atoms with E-state index in [1.54, 1.807) is 24.3 Å². The van der Waals surface area contributed by atoms with E-state index in [1.165, 1.54) is 0 Å². The lowest BCUT2D eigenvalue weighted by molar-refractivity contribution is -0.137. The van der Waals surface area contributed by atoms with Gasteiger partial charge in [0.25, 0.3) is 5.91 Å². The summed E-state index contributed by atoms with van der Waals surface area (Å²) in [4.78, 5) is 39.3. The van der Waals surface area contributed by atoms with Crippen molar-refractivity contribution in [1.82, 2.24) is 15.5 Å². The highest BCUT2D eigenvalue weighted by atomic mass is 35.5. The van der Waals surface area contributed by atoms with E-state index < -0.39 is 36.1 Å². The molecule has 1 aliphatic rings. The number of hydrogen-bond acceptors (Lipinski definition) is 5. The molecule has 0 aromatic heterocycles. The van der Waals surface area contributed by atoms with Crippen LogP contribution >= 0.6 is 11.6 Å². The lowest BCUT2D eigenvalue weighted by atomic mass is 10.1. The molecule has 0 spiro atoms. The number of para-hydroxylation sites is 1. The number of likely N-dealkylation sites (tertiary alicyclic amines) is 1. The van der Waals surface area contributed by atoms with Gasteiger partial charge < -0.3 is 27.0 Å². The largest absolute Gasteiger partial charge is 0.416 e. The fraction of sp³-hybridized carbons (Fsp3) is 0.250. The maximum Gasteiger partial charge on any atom is 0.416 e. The molecule has 1 unspecified atom stereocenters. The molecule has 41 heavy (non-hydrogen) atoms. The summed E-state index contributed by atoms with van der Waals surface area (Å²) >= 11 is 6.28. The van der Waals surface area contributed by atoms with Crippen molar-refractivity contribution in [1.29, 1.82) is 0 Å². The first-order valence-corrected chi connectivity index (χ1v) is 13.0. The summed E-state index contributed by atoms with van der Waals surface area (Å²) in [5.74, 6) is -1.35. The molecular weight excluding hydrogens is 561 g/mol. The number of rotatable bonds is 8. The monoisotopic (exact) mass is 588 g/mol. The Balaban J connectivity index is 1.25. The molecule has 1 heterocycles. The van der Waals surface area contributed by atoms with Gasteiger partial charge in [-0.1, -0.05) is 35.9 Å². The summed E-state index contributed by atoms with van der Waals surface area (Å²) in [5.41, 5.74) is 6.17. The first-order valence-electron chi connectivity index (χ1n) is 12.7. The highest BCUT2D eigenvalue weighted by molar-refractivity contribution is 6.33. The summed E-state index contributed by atoms with van der Waals surface area (Å²) in [5, 5.41) is 11.0. The summed E-state index contributed by atoms with van der Waals surface area (Å²) < 4.78 is 38.9. The third-order valence-corrected chi connectivity index (χ3v) is 6.72. The number of carbonyl (C=O) groups is 3. The smallest absolute Gasteiger partial charge is 0.398 e. The summed E-state index contributed by atoms with van der Waals surface area (Å²) in [6, 6.07) is 16.2. The minimum absolute atomic E-state index is 0.125. The molecule has 0 bridgehead atoms. The Hall–Kier alpha value is -4.29.